The highest BCUT2D eigenvalue weighted by Gasteiger charge is 2.25. The summed E-state index contributed by atoms with van der Waals surface area (Å²) in [6.45, 7) is 0.950. The first-order valence-electron chi connectivity index (χ1n) is 11.0. The lowest BCUT2D eigenvalue weighted by molar-refractivity contribution is -0.384. The first-order valence-corrected chi connectivity index (χ1v) is 11.8. The molecule has 1 saturated heterocycles. The third-order valence-electron chi connectivity index (χ3n) is 5.98. The van der Waals surface area contributed by atoms with Crippen molar-refractivity contribution >= 4 is 39.6 Å². The van der Waals surface area contributed by atoms with Crippen LogP contribution in [0, 0.1) is 21.4 Å². The lowest BCUT2D eigenvalue weighted by Gasteiger charge is -2.30. The van der Waals surface area contributed by atoms with Gasteiger partial charge in [0.25, 0.3) is 11.6 Å². The molecule has 2 aromatic rings. The quantitative estimate of drug-likeness (QED) is 0.383. The molecule has 9 nitrogen and oxygen atoms in total. The summed E-state index contributed by atoms with van der Waals surface area (Å²) in [6.07, 6.45) is 6.84. The fourth-order valence-electron chi connectivity index (χ4n) is 4.36. The standard InChI is InChI=1S/C23H24N4O5S/c24-13-18-16-6-2-3-7-20(16)33-22(18)25-21(28)14-32-23(29)17-12-15(27(30)31)8-9-19(17)26-10-4-1-5-11-26/h8-9,12H,1-7,10-11,14H2,(H,25,28). The number of amides is 1. The zero-order valence-electron chi connectivity index (χ0n) is 18.1. The second kappa shape index (κ2) is 10.0. The number of fused-ring (bicyclic) bond motifs is 1. The molecule has 2 heterocycles. The minimum absolute atomic E-state index is 0.0724. The van der Waals surface area contributed by atoms with E-state index in [1.54, 1.807) is 6.07 Å². The average Bonchev–Trinajstić information content (AvgIpc) is 3.19. The molecule has 10 heteroatoms. The van der Waals surface area contributed by atoms with Gasteiger partial charge in [-0.1, -0.05) is 0 Å². The average molecular weight is 469 g/mol. The monoisotopic (exact) mass is 468 g/mol. The van der Waals surface area contributed by atoms with Crippen molar-refractivity contribution < 1.29 is 19.2 Å². The van der Waals surface area contributed by atoms with E-state index < -0.39 is 23.4 Å². The molecule has 1 amide bonds. The number of carbonyl (C=O) groups excluding carboxylic acids is 2. The number of thiophene rings is 1. The summed E-state index contributed by atoms with van der Waals surface area (Å²) >= 11 is 1.40. The minimum Gasteiger partial charge on any atom is -0.452 e. The van der Waals surface area contributed by atoms with E-state index in [0.29, 0.717) is 16.3 Å². The van der Waals surface area contributed by atoms with Crippen molar-refractivity contribution in [2.24, 2.45) is 0 Å². The van der Waals surface area contributed by atoms with Gasteiger partial charge in [0, 0.05) is 30.1 Å². The van der Waals surface area contributed by atoms with Crippen LogP contribution in [0.4, 0.5) is 16.4 Å². The zero-order valence-corrected chi connectivity index (χ0v) is 18.9. The van der Waals surface area contributed by atoms with Gasteiger partial charge in [0.2, 0.25) is 0 Å². The maximum atomic E-state index is 12.8. The molecule has 33 heavy (non-hydrogen) atoms. The number of nitro groups is 1. The number of nitrogens with one attached hydrogen (secondary N) is 1. The molecular formula is C23H24N4O5S. The number of rotatable bonds is 6. The lowest BCUT2D eigenvalue weighted by Crippen LogP contribution is -2.31. The Morgan fingerprint density at radius 3 is 2.67 bits per heavy atom. The number of anilines is 2. The number of aryl methyl sites for hydroxylation is 1. The van der Waals surface area contributed by atoms with Crippen LogP contribution in [0.1, 0.15) is 58.5 Å². The van der Waals surface area contributed by atoms with E-state index >= 15 is 0 Å². The highest BCUT2D eigenvalue weighted by atomic mass is 32.1. The number of hydrogen-bond acceptors (Lipinski definition) is 8. The van der Waals surface area contributed by atoms with Gasteiger partial charge in [0.1, 0.15) is 11.1 Å². The van der Waals surface area contributed by atoms with Crippen molar-refractivity contribution in [3.05, 3.63) is 49.9 Å². The largest absolute Gasteiger partial charge is 0.452 e. The molecule has 0 atom stereocenters. The van der Waals surface area contributed by atoms with Gasteiger partial charge in [0.05, 0.1) is 21.7 Å². The Bertz CT molecular complexity index is 1130. The Morgan fingerprint density at radius 1 is 1.18 bits per heavy atom. The van der Waals surface area contributed by atoms with Crippen LogP contribution in [0.2, 0.25) is 0 Å². The molecule has 0 bridgehead atoms. The van der Waals surface area contributed by atoms with Gasteiger partial charge in [-0.25, -0.2) is 4.79 Å². The van der Waals surface area contributed by atoms with Crippen molar-refractivity contribution in [1.29, 1.82) is 5.26 Å². The molecular weight excluding hydrogens is 444 g/mol. The number of non-ortho nitro benzene ring substituents is 1. The van der Waals surface area contributed by atoms with Crippen LogP contribution in [-0.4, -0.2) is 36.5 Å². The fourth-order valence-corrected chi connectivity index (χ4v) is 5.61. The lowest BCUT2D eigenvalue weighted by atomic mass is 9.96. The SMILES string of the molecule is N#Cc1c(NC(=O)COC(=O)c2cc([N+](=O)[O-])ccc2N2CCCCC2)sc2c1CCCC2. The van der Waals surface area contributed by atoms with Gasteiger partial charge in [-0.05, 0) is 56.6 Å². The molecule has 1 aromatic carbocycles. The Morgan fingerprint density at radius 2 is 1.94 bits per heavy atom. The topological polar surface area (TPSA) is 126 Å². The number of piperidine rings is 1. The maximum Gasteiger partial charge on any atom is 0.341 e. The number of hydrogen-bond donors (Lipinski definition) is 1. The Hall–Kier alpha value is -3.45. The Balaban J connectivity index is 1.47. The van der Waals surface area contributed by atoms with Gasteiger partial charge in [-0.15, -0.1) is 11.3 Å². The first kappa shape index (κ1) is 22.7. The summed E-state index contributed by atoms with van der Waals surface area (Å²) < 4.78 is 5.23. The van der Waals surface area contributed by atoms with Crippen LogP contribution in [0.25, 0.3) is 0 Å². The van der Waals surface area contributed by atoms with Crippen molar-refractivity contribution in [2.45, 2.75) is 44.9 Å². The Kier molecular flexibility index (Phi) is 6.89. The zero-order chi connectivity index (χ0) is 23.4. The van der Waals surface area contributed by atoms with Crippen molar-refractivity contribution in [1.82, 2.24) is 0 Å². The van der Waals surface area contributed by atoms with E-state index in [1.807, 2.05) is 4.90 Å². The number of nitriles is 1. The molecule has 0 saturated carbocycles. The predicted octanol–water partition coefficient (Wildman–Crippen LogP) is 4.19. The molecule has 1 fully saturated rings. The first-order chi connectivity index (χ1) is 16.0. The van der Waals surface area contributed by atoms with E-state index in [2.05, 4.69) is 11.4 Å². The minimum atomic E-state index is -0.791. The van der Waals surface area contributed by atoms with Crippen LogP contribution < -0.4 is 10.2 Å². The molecule has 2 aliphatic rings. The highest BCUT2D eigenvalue weighted by Crippen LogP contribution is 2.37. The van der Waals surface area contributed by atoms with E-state index in [9.17, 15) is 25.0 Å². The summed E-state index contributed by atoms with van der Waals surface area (Å²) in [6, 6.07) is 6.31. The van der Waals surface area contributed by atoms with E-state index in [0.717, 1.165) is 68.5 Å². The smallest absolute Gasteiger partial charge is 0.341 e. The summed E-state index contributed by atoms with van der Waals surface area (Å²) in [5, 5.41) is 23.9. The summed E-state index contributed by atoms with van der Waals surface area (Å²) in [5.74, 6) is -1.34. The van der Waals surface area contributed by atoms with Crippen LogP contribution in [0.3, 0.4) is 0 Å². The van der Waals surface area contributed by atoms with Gasteiger partial charge >= 0.3 is 5.97 Å². The second-order valence-electron chi connectivity index (χ2n) is 8.16. The molecule has 0 spiro atoms. The molecule has 1 N–H and O–H groups in total. The molecule has 4 rings (SSSR count). The molecule has 0 radical (unpaired) electrons. The fraction of sp³-hybridized carbons (Fsp3) is 0.435. The van der Waals surface area contributed by atoms with Crippen molar-refractivity contribution in [2.75, 3.05) is 29.9 Å². The van der Waals surface area contributed by atoms with E-state index in [1.165, 1.54) is 23.5 Å². The Labute approximate surface area is 195 Å². The molecule has 0 unspecified atom stereocenters. The molecule has 1 aliphatic carbocycles. The van der Waals surface area contributed by atoms with Gasteiger partial charge in [-0.2, -0.15) is 5.26 Å². The van der Waals surface area contributed by atoms with Crippen LogP contribution in [-0.2, 0) is 22.4 Å². The summed E-state index contributed by atoms with van der Waals surface area (Å²) in [7, 11) is 0. The number of nitrogens with zero attached hydrogens (tertiary/aromatic N) is 3. The number of ether oxygens (including phenoxy) is 1. The molecule has 172 valence electrons. The van der Waals surface area contributed by atoms with Crippen LogP contribution in [0.5, 0.6) is 0 Å². The predicted molar refractivity (Wildman–Crippen MR) is 124 cm³/mol. The van der Waals surface area contributed by atoms with Gasteiger partial charge in [0.15, 0.2) is 6.61 Å². The highest BCUT2D eigenvalue weighted by molar-refractivity contribution is 7.16. The molecule has 1 aromatic heterocycles. The van der Waals surface area contributed by atoms with Crippen molar-refractivity contribution in [3.8, 4) is 6.07 Å². The van der Waals surface area contributed by atoms with E-state index in [-0.39, 0.29) is 11.3 Å². The number of benzene rings is 1. The van der Waals surface area contributed by atoms with Gasteiger partial charge < -0.3 is 15.0 Å². The number of esters is 1. The maximum absolute atomic E-state index is 12.8. The van der Waals surface area contributed by atoms with Crippen LogP contribution in [0.15, 0.2) is 18.2 Å². The second-order valence-corrected chi connectivity index (χ2v) is 9.26. The number of nitro benzene ring substituents is 1. The number of carbonyl (C=O) groups is 2. The molecule has 1 aliphatic heterocycles. The third-order valence-corrected chi connectivity index (χ3v) is 7.19. The van der Waals surface area contributed by atoms with E-state index in [4.69, 9.17) is 4.74 Å². The van der Waals surface area contributed by atoms with Crippen LogP contribution >= 0.6 is 11.3 Å². The third kappa shape index (κ3) is 4.98. The van der Waals surface area contributed by atoms with Crippen molar-refractivity contribution in [3.63, 3.8) is 0 Å². The normalized spacial score (nSPS) is 15.3. The van der Waals surface area contributed by atoms with Gasteiger partial charge in [-0.3, -0.25) is 14.9 Å². The summed E-state index contributed by atoms with van der Waals surface area (Å²) in [5.41, 5.74) is 1.92. The summed E-state index contributed by atoms with van der Waals surface area (Å²) in [4.78, 5) is 39.1.